The summed E-state index contributed by atoms with van der Waals surface area (Å²) in [7, 11) is 0. The van der Waals surface area contributed by atoms with Gasteiger partial charge in [0, 0.05) is 49.1 Å². The van der Waals surface area contributed by atoms with Crippen LogP contribution in [0.4, 0.5) is 20.6 Å². The monoisotopic (exact) mass is 543 g/mol. The van der Waals surface area contributed by atoms with E-state index in [1.807, 2.05) is 39.8 Å². The van der Waals surface area contributed by atoms with Crippen LogP contribution in [0.25, 0.3) is 33.4 Å². The van der Waals surface area contributed by atoms with Crippen molar-refractivity contribution in [1.29, 1.82) is 5.26 Å². The number of hydrogen-bond acceptors (Lipinski definition) is 8. The number of piperazine rings is 1. The zero-order valence-corrected chi connectivity index (χ0v) is 22.7. The molecule has 3 heterocycles. The van der Waals surface area contributed by atoms with E-state index in [4.69, 9.17) is 10.5 Å². The number of nitrogens with two attached hydrogens (primary N) is 1. The number of aromatic nitrogens is 3. The fraction of sp³-hybridized carbons (Fsp3) is 0.310. The smallest absolute Gasteiger partial charge is 0.410 e. The Bertz CT molecular complexity index is 1660. The number of carbonyl (C=O) groups excluding carboxylic acids is 1. The number of aromatic amines is 1. The number of nitrogen functional groups attached to an aromatic ring is 1. The number of benzene rings is 2. The van der Waals surface area contributed by atoms with Crippen LogP contribution in [-0.4, -0.2) is 63.1 Å². The number of rotatable bonds is 3. The van der Waals surface area contributed by atoms with Crippen LogP contribution >= 0.6 is 0 Å². The topological polar surface area (TPSA) is 144 Å². The van der Waals surface area contributed by atoms with Crippen molar-refractivity contribution in [3.63, 3.8) is 0 Å². The van der Waals surface area contributed by atoms with Gasteiger partial charge in [0.2, 0.25) is 0 Å². The van der Waals surface area contributed by atoms with E-state index < -0.39 is 11.4 Å². The first-order chi connectivity index (χ1) is 19.0. The maximum Gasteiger partial charge on any atom is 0.410 e. The Hall–Kier alpha value is -4.85. The van der Waals surface area contributed by atoms with E-state index in [1.165, 1.54) is 12.1 Å². The summed E-state index contributed by atoms with van der Waals surface area (Å²) < 4.78 is 20.4. The molecule has 0 unspecified atom stereocenters. The zero-order chi connectivity index (χ0) is 28.8. The van der Waals surface area contributed by atoms with Crippen LogP contribution in [0.2, 0.25) is 0 Å². The van der Waals surface area contributed by atoms with Crippen LogP contribution in [-0.2, 0) is 4.74 Å². The Morgan fingerprint density at radius 3 is 2.52 bits per heavy atom. The van der Waals surface area contributed by atoms with Crippen LogP contribution in [0.1, 0.15) is 32.0 Å². The third-order valence-electron chi connectivity index (χ3n) is 6.79. The lowest BCUT2D eigenvalue weighted by Crippen LogP contribution is -2.50. The zero-order valence-electron chi connectivity index (χ0n) is 22.7. The van der Waals surface area contributed by atoms with Crippen molar-refractivity contribution >= 4 is 28.5 Å². The fourth-order valence-electron chi connectivity index (χ4n) is 4.94. The molecule has 1 amide bonds. The van der Waals surface area contributed by atoms with Gasteiger partial charge in [0.05, 0.1) is 28.0 Å². The first kappa shape index (κ1) is 26.7. The third kappa shape index (κ3) is 4.96. The molecular formula is C29H30FN7O3. The van der Waals surface area contributed by atoms with Gasteiger partial charge in [-0.1, -0.05) is 6.07 Å². The lowest BCUT2D eigenvalue weighted by atomic mass is 9.92. The Morgan fingerprint density at radius 1 is 1.18 bits per heavy atom. The van der Waals surface area contributed by atoms with Crippen LogP contribution in [0.15, 0.2) is 36.4 Å². The molecule has 11 heteroatoms. The molecular weight excluding hydrogens is 513 g/mol. The van der Waals surface area contributed by atoms with Crippen molar-refractivity contribution in [2.45, 2.75) is 33.3 Å². The van der Waals surface area contributed by atoms with E-state index in [0.717, 1.165) is 11.8 Å². The van der Waals surface area contributed by atoms with Gasteiger partial charge in [0.15, 0.2) is 5.65 Å². The average molecular weight is 544 g/mol. The molecule has 40 heavy (non-hydrogen) atoms. The number of nitrogens with zero attached hydrogens (tertiary/aromatic N) is 5. The van der Waals surface area contributed by atoms with Crippen molar-refractivity contribution < 1.29 is 19.0 Å². The number of nitrogens with one attached hydrogen (secondary N) is 1. The summed E-state index contributed by atoms with van der Waals surface area (Å²) in [5, 5.41) is 27.7. The molecule has 0 aliphatic carbocycles. The SMILES string of the molecule is Cc1[nH]nc2nc(-c3ccc(O)cc3F)c(C#N)c(-c3ccc(N4CCN(C(=O)OC(C)(C)C)CC4)c(N)c3)c12. The number of fused-ring (bicyclic) bond motifs is 1. The molecule has 5 rings (SSSR count). The van der Waals surface area contributed by atoms with Crippen molar-refractivity contribution in [2.24, 2.45) is 0 Å². The standard InChI is InChI=1S/C29H30FN7O3/c1-16-24-25(20(15-31)26(33-27(24)35-34-16)19-7-6-18(38)14-21(19)30)17-5-8-23(22(32)13-17)36-9-11-37(12-10-36)28(39)40-29(2,3)4/h5-8,13-14,38H,9-12,32H2,1-4H3,(H,33,34,35). The summed E-state index contributed by atoms with van der Waals surface area (Å²) in [6.45, 7) is 9.50. The Labute approximate surface area is 230 Å². The molecule has 1 saturated heterocycles. The van der Waals surface area contributed by atoms with Crippen LogP contribution < -0.4 is 10.6 Å². The minimum atomic E-state index is -0.707. The lowest BCUT2D eigenvalue weighted by molar-refractivity contribution is 0.0240. The normalized spacial score (nSPS) is 13.9. The summed E-state index contributed by atoms with van der Waals surface area (Å²) in [5.74, 6) is -0.936. The van der Waals surface area contributed by atoms with E-state index >= 15 is 0 Å². The van der Waals surface area contributed by atoms with Gasteiger partial charge in [-0.25, -0.2) is 14.2 Å². The maximum absolute atomic E-state index is 14.9. The highest BCUT2D eigenvalue weighted by Crippen LogP contribution is 2.40. The van der Waals surface area contributed by atoms with E-state index in [9.17, 15) is 19.6 Å². The number of phenols is 1. The fourth-order valence-corrected chi connectivity index (χ4v) is 4.94. The van der Waals surface area contributed by atoms with Gasteiger partial charge in [0.1, 0.15) is 23.2 Å². The number of pyridine rings is 1. The van der Waals surface area contributed by atoms with Gasteiger partial charge in [-0.05, 0) is 57.5 Å². The van der Waals surface area contributed by atoms with E-state index in [2.05, 4.69) is 26.2 Å². The second kappa shape index (κ2) is 10.0. The molecule has 0 bridgehead atoms. The number of ether oxygens (including phenoxy) is 1. The summed E-state index contributed by atoms with van der Waals surface area (Å²) in [6, 6.07) is 11.5. The molecule has 0 saturated carbocycles. The maximum atomic E-state index is 14.9. The van der Waals surface area contributed by atoms with Crippen molar-refractivity contribution in [3.8, 4) is 34.2 Å². The van der Waals surface area contributed by atoms with E-state index in [1.54, 1.807) is 11.0 Å². The number of aromatic hydroxyl groups is 1. The van der Waals surface area contributed by atoms with Crippen LogP contribution in [0.5, 0.6) is 5.75 Å². The van der Waals surface area contributed by atoms with Crippen molar-refractivity contribution in [1.82, 2.24) is 20.1 Å². The predicted octanol–water partition coefficient (Wildman–Crippen LogP) is 4.96. The van der Waals surface area contributed by atoms with Crippen LogP contribution in [0, 0.1) is 24.1 Å². The molecule has 0 atom stereocenters. The molecule has 2 aromatic heterocycles. The van der Waals surface area contributed by atoms with Gasteiger partial charge in [-0.2, -0.15) is 10.4 Å². The number of carbonyl (C=O) groups is 1. The second-order valence-electron chi connectivity index (χ2n) is 10.8. The van der Waals surface area contributed by atoms with Gasteiger partial charge < -0.3 is 25.4 Å². The third-order valence-corrected chi connectivity index (χ3v) is 6.79. The molecule has 4 N–H and O–H groups in total. The number of anilines is 2. The highest BCUT2D eigenvalue weighted by molar-refractivity contribution is 6.01. The molecule has 206 valence electrons. The number of halogens is 1. The molecule has 4 aromatic rings. The summed E-state index contributed by atoms with van der Waals surface area (Å²) >= 11 is 0. The largest absolute Gasteiger partial charge is 0.508 e. The minimum Gasteiger partial charge on any atom is -0.508 e. The minimum absolute atomic E-state index is 0.0746. The Balaban J connectivity index is 1.52. The summed E-state index contributed by atoms with van der Waals surface area (Å²) in [5.41, 5.74) is 9.88. The van der Waals surface area contributed by atoms with Crippen LogP contribution in [0.3, 0.4) is 0 Å². The van der Waals surface area contributed by atoms with Gasteiger partial charge in [-0.15, -0.1) is 0 Å². The number of nitriles is 1. The molecule has 0 spiro atoms. The summed E-state index contributed by atoms with van der Waals surface area (Å²) in [4.78, 5) is 20.7. The number of amides is 1. The molecule has 0 radical (unpaired) electrons. The molecule has 10 nitrogen and oxygen atoms in total. The highest BCUT2D eigenvalue weighted by atomic mass is 19.1. The first-order valence-electron chi connectivity index (χ1n) is 12.9. The number of phenolic OH excluding ortho intramolecular Hbond substituents is 1. The molecule has 1 aliphatic heterocycles. The summed E-state index contributed by atoms with van der Waals surface area (Å²) in [6.07, 6.45) is -0.336. The van der Waals surface area contributed by atoms with Crippen molar-refractivity contribution in [2.75, 3.05) is 36.8 Å². The Kier molecular flexibility index (Phi) is 6.71. The highest BCUT2D eigenvalue weighted by Gasteiger charge is 2.27. The van der Waals surface area contributed by atoms with E-state index in [-0.39, 0.29) is 28.7 Å². The average Bonchev–Trinajstić information content (AvgIpc) is 3.27. The number of H-pyrrole nitrogens is 1. The number of hydrogen-bond donors (Lipinski definition) is 3. The molecule has 1 fully saturated rings. The number of aryl methyl sites for hydroxylation is 1. The quantitative estimate of drug-likeness (QED) is 0.308. The van der Waals surface area contributed by atoms with Crippen molar-refractivity contribution in [3.05, 3.63) is 53.5 Å². The molecule has 1 aliphatic rings. The Morgan fingerprint density at radius 2 is 1.90 bits per heavy atom. The van der Waals surface area contributed by atoms with Gasteiger partial charge in [-0.3, -0.25) is 5.10 Å². The van der Waals surface area contributed by atoms with Gasteiger partial charge in [0.25, 0.3) is 0 Å². The second-order valence-corrected chi connectivity index (χ2v) is 10.8. The first-order valence-corrected chi connectivity index (χ1v) is 12.9. The lowest BCUT2D eigenvalue weighted by Gasteiger charge is -2.37. The molecule has 2 aromatic carbocycles. The van der Waals surface area contributed by atoms with E-state index in [0.29, 0.717) is 59.7 Å². The van der Waals surface area contributed by atoms with Gasteiger partial charge >= 0.3 is 6.09 Å². The predicted molar refractivity (Wildman–Crippen MR) is 150 cm³/mol.